The number of nitrogens with zero attached hydrogens (tertiary/aromatic N) is 4. The number of amides is 1. The van der Waals surface area contributed by atoms with E-state index < -0.39 is 28.3 Å². The van der Waals surface area contributed by atoms with Crippen LogP contribution in [-0.2, 0) is 6.18 Å². The van der Waals surface area contributed by atoms with Crippen LogP contribution in [0.3, 0.4) is 0 Å². The van der Waals surface area contributed by atoms with Gasteiger partial charge in [0.1, 0.15) is 6.33 Å². The fourth-order valence-corrected chi connectivity index (χ4v) is 2.30. The molecule has 154 valence electrons. The van der Waals surface area contributed by atoms with Gasteiger partial charge in [0.15, 0.2) is 0 Å². The zero-order valence-corrected chi connectivity index (χ0v) is 14.8. The van der Waals surface area contributed by atoms with Crippen LogP contribution < -0.4 is 16.2 Å². The van der Waals surface area contributed by atoms with E-state index in [2.05, 4.69) is 31.1 Å². The van der Waals surface area contributed by atoms with E-state index in [4.69, 9.17) is 0 Å². The third-order valence-corrected chi connectivity index (χ3v) is 3.70. The molecule has 0 aliphatic carbocycles. The Kier molecular flexibility index (Phi) is 5.71. The van der Waals surface area contributed by atoms with Crippen molar-refractivity contribution in [1.82, 2.24) is 20.4 Å². The van der Waals surface area contributed by atoms with Gasteiger partial charge in [-0.15, -0.1) is 0 Å². The maximum Gasteiger partial charge on any atom is 0.416 e. The normalized spacial score (nSPS) is 10.9. The van der Waals surface area contributed by atoms with Gasteiger partial charge in [0.05, 0.1) is 16.1 Å². The number of anilines is 3. The van der Waals surface area contributed by atoms with Gasteiger partial charge in [-0.05, 0) is 36.4 Å². The second-order valence-electron chi connectivity index (χ2n) is 5.70. The Bertz CT molecular complexity index is 1060. The van der Waals surface area contributed by atoms with E-state index in [1.165, 1.54) is 24.5 Å². The van der Waals surface area contributed by atoms with Crippen molar-refractivity contribution in [1.29, 1.82) is 0 Å². The summed E-state index contributed by atoms with van der Waals surface area (Å²) in [6.45, 7) is 0. The number of hydrazine groups is 1. The van der Waals surface area contributed by atoms with E-state index in [9.17, 15) is 28.1 Å². The molecular formula is C17H12F3N7O3. The van der Waals surface area contributed by atoms with Crippen LogP contribution in [0.1, 0.15) is 15.9 Å². The molecule has 2 heterocycles. The van der Waals surface area contributed by atoms with Gasteiger partial charge < -0.3 is 5.32 Å². The first-order chi connectivity index (χ1) is 14.3. The van der Waals surface area contributed by atoms with Gasteiger partial charge >= 0.3 is 11.9 Å². The average Bonchev–Trinajstić information content (AvgIpc) is 2.72. The highest BCUT2D eigenvalue weighted by Gasteiger charge is 2.30. The molecule has 13 heteroatoms. The largest absolute Gasteiger partial charge is 0.416 e. The highest BCUT2D eigenvalue weighted by molar-refractivity contribution is 5.94. The van der Waals surface area contributed by atoms with Crippen LogP contribution >= 0.6 is 0 Å². The first-order valence-electron chi connectivity index (χ1n) is 8.16. The number of carbonyl (C=O) groups excluding carboxylic acids is 1. The number of rotatable bonds is 6. The topological polar surface area (TPSA) is 135 Å². The second kappa shape index (κ2) is 8.38. The predicted octanol–water partition coefficient (Wildman–Crippen LogP) is 3.30. The summed E-state index contributed by atoms with van der Waals surface area (Å²) in [7, 11) is 0. The minimum atomic E-state index is -4.51. The lowest BCUT2D eigenvalue weighted by atomic mass is 10.2. The van der Waals surface area contributed by atoms with Crippen molar-refractivity contribution in [3.05, 3.63) is 76.4 Å². The van der Waals surface area contributed by atoms with Crippen molar-refractivity contribution in [3.63, 3.8) is 0 Å². The lowest BCUT2D eigenvalue weighted by molar-refractivity contribution is -0.383. The number of nitrogens with one attached hydrogen (secondary N) is 3. The molecule has 0 saturated heterocycles. The number of hydrogen-bond acceptors (Lipinski definition) is 8. The Morgan fingerprint density at radius 3 is 2.37 bits per heavy atom. The number of nitro groups is 1. The van der Waals surface area contributed by atoms with Gasteiger partial charge in [0.2, 0.25) is 11.6 Å². The van der Waals surface area contributed by atoms with Crippen molar-refractivity contribution in [2.24, 2.45) is 0 Å². The smallest absolute Gasteiger partial charge is 0.334 e. The number of aromatic nitrogens is 3. The summed E-state index contributed by atoms with van der Waals surface area (Å²) >= 11 is 0. The molecule has 1 aromatic carbocycles. The maximum absolute atomic E-state index is 12.7. The molecule has 3 aromatic rings. The monoisotopic (exact) mass is 419 g/mol. The fraction of sp³-hybridized carbons (Fsp3) is 0.0588. The molecule has 0 aliphatic rings. The number of carbonyl (C=O) groups is 1. The number of pyridine rings is 1. The van der Waals surface area contributed by atoms with Gasteiger partial charge in [0, 0.05) is 18.1 Å². The Balaban J connectivity index is 1.81. The standard InChI is InChI=1S/C17H12F3N7O3/c18-17(19,20)11-3-5-12(6-4-11)24-14-13(27(29)30)15(23-9-22-14)25-26-16(28)10-2-1-7-21-8-10/h1-9H,(H,26,28)(H2,22,23,24,25). The van der Waals surface area contributed by atoms with Crippen LogP contribution in [0.2, 0.25) is 0 Å². The van der Waals surface area contributed by atoms with Gasteiger partial charge in [-0.3, -0.25) is 30.7 Å². The quantitative estimate of drug-likeness (QED) is 0.409. The Morgan fingerprint density at radius 2 is 1.77 bits per heavy atom. The summed E-state index contributed by atoms with van der Waals surface area (Å²) < 4.78 is 38.0. The highest BCUT2D eigenvalue weighted by atomic mass is 19.4. The van der Waals surface area contributed by atoms with Crippen LogP contribution in [0.15, 0.2) is 55.1 Å². The third-order valence-electron chi connectivity index (χ3n) is 3.70. The molecular weight excluding hydrogens is 407 g/mol. The summed E-state index contributed by atoms with van der Waals surface area (Å²) in [6.07, 6.45) is -0.761. The summed E-state index contributed by atoms with van der Waals surface area (Å²) in [5, 5.41) is 14.1. The van der Waals surface area contributed by atoms with E-state index in [1.807, 2.05) is 0 Å². The molecule has 0 atom stereocenters. The van der Waals surface area contributed by atoms with Crippen LogP contribution in [0, 0.1) is 10.1 Å². The molecule has 0 spiro atoms. The van der Waals surface area contributed by atoms with Crippen molar-refractivity contribution in [2.45, 2.75) is 6.18 Å². The zero-order chi connectivity index (χ0) is 21.7. The molecule has 0 aliphatic heterocycles. The van der Waals surface area contributed by atoms with E-state index in [0.717, 1.165) is 30.6 Å². The van der Waals surface area contributed by atoms with Crippen molar-refractivity contribution < 1.29 is 22.9 Å². The fourth-order valence-electron chi connectivity index (χ4n) is 2.30. The average molecular weight is 419 g/mol. The summed E-state index contributed by atoms with van der Waals surface area (Å²) in [4.78, 5) is 34.0. The SMILES string of the molecule is O=C(NNc1ncnc(Nc2ccc(C(F)(F)F)cc2)c1[N+](=O)[O-])c1cccnc1. The van der Waals surface area contributed by atoms with E-state index in [1.54, 1.807) is 0 Å². The van der Waals surface area contributed by atoms with Crippen LogP contribution in [0.5, 0.6) is 0 Å². The van der Waals surface area contributed by atoms with Gasteiger partial charge in [0.25, 0.3) is 5.91 Å². The molecule has 2 aromatic heterocycles. The lowest BCUT2D eigenvalue weighted by Gasteiger charge is -2.11. The molecule has 10 nitrogen and oxygen atoms in total. The van der Waals surface area contributed by atoms with Crippen LogP contribution in [0.4, 0.5) is 36.2 Å². The van der Waals surface area contributed by atoms with Crippen molar-refractivity contribution in [2.75, 3.05) is 10.7 Å². The Hall–Kier alpha value is -4.29. The molecule has 0 unspecified atom stereocenters. The highest BCUT2D eigenvalue weighted by Crippen LogP contribution is 2.33. The Morgan fingerprint density at radius 1 is 1.07 bits per heavy atom. The zero-order valence-electron chi connectivity index (χ0n) is 14.8. The first kappa shape index (κ1) is 20.4. The number of hydrogen-bond donors (Lipinski definition) is 3. The molecule has 3 rings (SSSR count). The molecule has 0 fully saturated rings. The predicted molar refractivity (Wildman–Crippen MR) is 98.7 cm³/mol. The van der Waals surface area contributed by atoms with E-state index in [-0.39, 0.29) is 22.9 Å². The molecule has 3 N–H and O–H groups in total. The van der Waals surface area contributed by atoms with E-state index >= 15 is 0 Å². The third kappa shape index (κ3) is 4.76. The van der Waals surface area contributed by atoms with Crippen molar-refractivity contribution >= 4 is 28.9 Å². The summed E-state index contributed by atoms with van der Waals surface area (Å²) in [5.74, 6) is -1.23. The molecule has 0 saturated carbocycles. The van der Waals surface area contributed by atoms with Crippen LogP contribution in [-0.4, -0.2) is 25.8 Å². The number of halogens is 3. The Labute approximate surface area is 166 Å². The molecule has 1 amide bonds. The summed E-state index contributed by atoms with van der Waals surface area (Å²) in [5.41, 5.74) is 3.43. The van der Waals surface area contributed by atoms with Crippen molar-refractivity contribution in [3.8, 4) is 0 Å². The maximum atomic E-state index is 12.7. The van der Waals surface area contributed by atoms with Crippen LogP contribution in [0.25, 0.3) is 0 Å². The van der Waals surface area contributed by atoms with Gasteiger partial charge in [-0.1, -0.05) is 0 Å². The van der Waals surface area contributed by atoms with Gasteiger partial charge in [-0.2, -0.15) is 13.2 Å². The lowest BCUT2D eigenvalue weighted by Crippen LogP contribution is -2.30. The van der Waals surface area contributed by atoms with E-state index in [0.29, 0.717) is 0 Å². The number of benzene rings is 1. The summed E-state index contributed by atoms with van der Waals surface area (Å²) in [6, 6.07) is 6.87. The minimum Gasteiger partial charge on any atom is -0.334 e. The number of alkyl halides is 3. The first-order valence-corrected chi connectivity index (χ1v) is 8.16. The minimum absolute atomic E-state index is 0.134. The molecule has 0 radical (unpaired) electrons. The van der Waals surface area contributed by atoms with Gasteiger partial charge in [-0.25, -0.2) is 9.97 Å². The second-order valence-corrected chi connectivity index (χ2v) is 5.70. The molecule has 30 heavy (non-hydrogen) atoms. The molecule has 0 bridgehead atoms.